The number of rotatable bonds is 7. The van der Waals surface area contributed by atoms with E-state index in [4.69, 9.17) is 38.0 Å². The summed E-state index contributed by atoms with van der Waals surface area (Å²) < 4.78 is 102. The predicted molar refractivity (Wildman–Crippen MR) is 203 cm³/mol. The fraction of sp³-hybridized carbons (Fsp3) is 0.353. The number of imidazole rings is 1. The molecule has 5 aromatic rings. The fourth-order valence-corrected chi connectivity index (χ4v) is 10.9. The predicted octanol–water partition coefficient (Wildman–Crippen LogP) is 3.62. The van der Waals surface area contributed by atoms with Crippen LogP contribution in [0.2, 0.25) is 0 Å². The summed E-state index contributed by atoms with van der Waals surface area (Å²) in [6.45, 7) is -4.94. The fourth-order valence-electron chi connectivity index (χ4n) is 6.63. The quantitative estimate of drug-likeness (QED) is 0.103. The van der Waals surface area contributed by atoms with Crippen molar-refractivity contribution < 1.29 is 65.0 Å². The molecule has 0 amide bonds. The van der Waals surface area contributed by atoms with Gasteiger partial charge in [-0.25, -0.2) is 42.5 Å². The first kappa shape index (κ1) is 41.8. The lowest BCUT2D eigenvalue weighted by atomic mass is 10.1. The summed E-state index contributed by atoms with van der Waals surface area (Å²) in [6.07, 6.45) is -12.0. The van der Waals surface area contributed by atoms with E-state index in [0.29, 0.717) is 27.1 Å². The number of aromatic hydroxyl groups is 1. The molecule has 0 radical (unpaired) electrons. The third-order valence-electron chi connectivity index (χ3n) is 9.57. The maximum Gasteiger partial charge on any atom is 0.472 e. The Morgan fingerprint density at radius 1 is 0.967 bits per heavy atom. The number of aryl methyl sites for hydroxylation is 1. The number of benzene rings is 2. The highest BCUT2D eigenvalue weighted by Gasteiger charge is 2.55. The van der Waals surface area contributed by atoms with Crippen LogP contribution in [0.1, 0.15) is 33.9 Å². The average Bonchev–Trinajstić information content (AvgIpc) is 3.86. The molecule has 3 aliphatic heterocycles. The SMILES string of the molecule is Cc1cc(O)ccc1C(=O)Oc1ccc(CS[P@]2(=O)OC[C@H]3O[C@@H](n4ccc(=O)[nH]c4=O)[C@H](OP(=O)(O)OC[C@H]4O[C@@H](n5cnc6c(N)ncnc65)[C@H](O2)[C@@H]4F)[C@@H]3F)cc1. The van der Waals surface area contributed by atoms with Crippen molar-refractivity contribution in [3.8, 4) is 11.5 Å². The highest BCUT2D eigenvalue weighted by atomic mass is 32.7. The number of phosphoric ester groups is 1. The van der Waals surface area contributed by atoms with Gasteiger partial charge in [-0.1, -0.05) is 12.1 Å². The molecule has 3 aliphatic rings. The molecule has 0 saturated carbocycles. The van der Waals surface area contributed by atoms with Crippen LogP contribution in [0.15, 0.2) is 77.0 Å². The molecule has 0 spiro atoms. The van der Waals surface area contributed by atoms with Gasteiger partial charge in [0.2, 0.25) is 0 Å². The van der Waals surface area contributed by atoms with Gasteiger partial charge in [-0.2, -0.15) is 0 Å². The number of nitrogen functional groups attached to an aromatic ring is 1. The normalized spacial score (nSPS) is 30.9. The first-order valence-electron chi connectivity index (χ1n) is 17.8. The Bertz CT molecular complexity index is 2660. The third kappa shape index (κ3) is 8.53. The Hall–Kier alpha value is -4.87. The van der Waals surface area contributed by atoms with Crippen molar-refractivity contribution in [1.29, 1.82) is 0 Å². The average molecular weight is 896 g/mol. The zero-order chi connectivity index (χ0) is 42.5. The molecule has 21 nitrogen and oxygen atoms in total. The number of nitrogens with two attached hydrogens (primary N) is 1. The second-order valence-electron chi connectivity index (χ2n) is 13.6. The van der Waals surface area contributed by atoms with Crippen LogP contribution in [-0.2, 0) is 42.5 Å². The van der Waals surface area contributed by atoms with Crippen LogP contribution in [-0.4, -0.2) is 95.0 Å². The number of nitrogens with one attached hydrogen (secondary N) is 1. The van der Waals surface area contributed by atoms with Crippen LogP contribution in [0, 0.1) is 6.92 Å². The Labute approximate surface area is 339 Å². The number of ether oxygens (including phenoxy) is 3. The van der Waals surface area contributed by atoms with Crippen LogP contribution in [0.5, 0.6) is 11.5 Å². The van der Waals surface area contributed by atoms with E-state index in [-0.39, 0.29) is 39.8 Å². The monoisotopic (exact) mass is 895 g/mol. The molecule has 2 aromatic carbocycles. The second kappa shape index (κ2) is 16.5. The Balaban J connectivity index is 1.10. The number of alkyl halides is 2. The summed E-state index contributed by atoms with van der Waals surface area (Å²) in [5, 5.41) is 9.68. The largest absolute Gasteiger partial charge is 0.508 e. The maximum atomic E-state index is 16.6. The number of hydrogen-bond acceptors (Lipinski definition) is 18. The van der Waals surface area contributed by atoms with Gasteiger partial charge in [-0.05, 0) is 59.8 Å². The molecule has 1 unspecified atom stereocenters. The van der Waals surface area contributed by atoms with Gasteiger partial charge in [-0.15, -0.1) is 0 Å². The zero-order valence-corrected chi connectivity index (χ0v) is 33.4. The first-order valence-corrected chi connectivity index (χ1v) is 22.4. The van der Waals surface area contributed by atoms with Crippen molar-refractivity contribution in [2.24, 2.45) is 0 Å². The number of nitrogens with zero attached hydrogens (tertiary/aromatic N) is 5. The Morgan fingerprint density at radius 3 is 2.35 bits per heavy atom. The van der Waals surface area contributed by atoms with Crippen molar-refractivity contribution >= 4 is 49.0 Å². The van der Waals surface area contributed by atoms with Gasteiger partial charge in [0.1, 0.15) is 47.8 Å². The van der Waals surface area contributed by atoms with Gasteiger partial charge in [0, 0.05) is 18.0 Å². The summed E-state index contributed by atoms with van der Waals surface area (Å²) in [6, 6.07) is 11.1. The number of H-pyrrole nitrogens is 1. The molecule has 318 valence electrons. The summed E-state index contributed by atoms with van der Waals surface area (Å²) >= 11 is 0.573. The van der Waals surface area contributed by atoms with Crippen LogP contribution in [0.3, 0.4) is 0 Å². The minimum absolute atomic E-state index is 0.0179. The number of phenols is 1. The van der Waals surface area contributed by atoms with Crippen molar-refractivity contribution in [3.05, 3.63) is 105 Å². The number of esters is 1. The standard InChI is InChI=1S/C34H33F2N7O14P2S/c1-16-10-18(44)4-7-20(16)33(46)53-19-5-2-17(3-6-19)13-60-59(50)52-12-22-24(35)27(31(54-22)42-9-8-23(45)41-34(42)47)56-58(48,49)51-11-21-25(36)28(57-59)32(55-21)43-15-40-26-29(37)38-14-39-30(26)43/h2-10,14-15,21-22,24-25,27-28,31-32,44H,11-13H2,1H3,(H,48,49)(H2,37,38,39)(H,41,45,47)/t21-,22-,24-,25-,27-,28-,31-,32-,59-/m1/s1. The maximum absolute atomic E-state index is 16.6. The Kier molecular flexibility index (Phi) is 11.5. The van der Waals surface area contributed by atoms with Crippen molar-refractivity contribution in [2.75, 3.05) is 18.9 Å². The van der Waals surface area contributed by atoms with Crippen LogP contribution >= 0.6 is 26.0 Å². The molecule has 3 saturated heterocycles. The highest BCUT2D eigenvalue weighted by molar-refractivity contribution is 8.54. The second-order valence-corrected chi connectivity index (χ2v) is 19.0. The van der Waals surface area contributed by atoms with E-state index in [2.05, 4.69) is 15.0 Å². The summed E-state index contributed by atoms with van der Waals surface area (Å²) in [5.74, 6) is -0.706. The minimum Gasteiger partial charge on any atom is -0.508 e. The van der Waals surface area contributed by atoms with Gasteiger partial charge in [0.15, 0.2) is 36.3 Å². The van der Waals surface area contributed by atoms with Gasteiger partial charge in [-0.3, -0.25) is 37.0 Å². The lowest BCUT2D eigenvalue weighted by Crippen LogP contribution is -2.38. The summed E-state index contributed by atoms with van der Waals surface area (Å²) in [7, 11) is -5.30. The van der Waals surface area contributed by atoms with Gasteiger partial charge >= 0.3 is 26.3 Å². The van der Waals surface area contributed by atoms with E-state index in [9.17, 15) is 33.5 Å². The molecule has 5 N–H and O–H groups in total. The molecular weight excluding hydrogens is 862 g/mol. The zero-order valence-electron chi connectivity index (χ0n) is 30.8. The summed E-state index contributed by atoms with van der Waals surface area (Å²) in [5.41, 5.74) is 5.43. The third-order valence-corrected chi connectivity index (χ3v) is 14.2. The lowest BCUT2D eigenvalue weighted by molar-refractivity contribution is -0.0650. The molecule has 3 fully saturated rings. The number of halogens is 2. The van der Waals surface area contributed by atoms with Crippen LogP contribution in [0.25, 0.3) is 11.2 Å². The molecule has 4 bridgehead atoms. The van der Waals surface area contributed by atoms with E-state index < -0.39 is 94.3 Å². The molecule has 6 heterocycles. The number of anilines is 1. The Morgan fingerprint density at radius 2 is 1.65 bits per heavy atom. The first-order chi connectivity index (χ1) is 28.6. The molecule has 0 aliphatic carbocycles. The number of aromatic amines is 1. The topological polar surface area (TPSA) is 281 Å². The highest BCUT2D eigenvalue weighted by Crippen LogP contribution is 2.65. The molecular formula is C34H33F2N7O14P2S. The van der Waals surface area contributed by atoms with Crippen LogP contribution in [0.4, 0.5) is 14.6 Å². The smallest absolute Gasteiger partial charge is 0.472 e. The van der Waals surface area contributed by atoms with Gasteiger partial charge in [0.25, 0.3) is 5.56 Å². The van der Waals surface area contributed by atoms with Crippen molar-refractivity contribution in [1.82, 2.24) is 29.1 Å². The number of carbonyl (C=O) groups excluding carboxylic acids is 1. The number of aromatic nitrogens is 6. The minimum atomic E-state index is -5.30. The molecule has 10 atom stereocenters. The number of hydrogen-bond donors (Lipinski definition) is 4. The summed E-state index contributed by atoms with van der Waals surface area (Å²) in [4.78, 5) is 62.1. The van der Waals surface area contributed by atoms with E-state index >= 15 is 8.78 Å². The van der Waals surface area contributed by atoms with Crippen molar-refractivity contribution in [3.63, 3.8) is 0 Å². The lowest BCUT2D eigenvalue weighted by Gasteiger charge is -2.27. The number of phosphoric acid groups is 1. The van der Waals surface area contributed by atoms with Gasteiger partial charge in [0.05, 0.1) is 25.1 Å². The molecule has 3 aromatic heterocycles. The van der Waals surface area contributed by atoms with E-state index in [1.165, 1.54) is 41.2 Å². The molecule has 26 heteroatoms. The van der Waals surface area contributed by atoms with Crippen molar-refractivity contribution in [2.45, 2.75) is 61.9 Å². The van der Waals surface area contributed by atoms with Gasteiger partial charge < -0.3 is 29.9 Å². The van der Waals surface area contributed by atoms with Crippen LogP contribution < -0.4 is 21.7 Å². The molecule has 60 heavy (non-hydrogen) atoms. The van der Waals surface area contributed by atoms with E-state index in [1.807, 2.05) is 4.98 Å². The van der Waals surface area contributed by atoms with E-state index in [1.54, 1.807) is 19.1 Å². The number of carbonyl (C=O) groups is 1. The number of fused-ring (bicyclic) bond motifs is 5. The molecule has 8 rings (SSSR count). The number of phenolic OH excluding ortho intramolecular Hbond substituents is 1. The van der Waals surface area contributed by atoms with E-state index in [0.717, 1.165) is 18.6 Å².